The molecule has 38 heavy (non-hydrogen) atoms. The second-order valence-electron chi connectivity index (χ2n) is 9.62. The first-order valence-corrected chi connectivity index (χ1v) is 13.7. The molecule has 0 aromatic carbocycles. The van der Waals surface area contributed by atoms with E-state index >= 15 is 0 Å². The van der Waals surface area contributed by atoms with Crippen molar-refractivity contribution in [1.29, 1.82) is 0 Å². The summed E-state index contributed by atoms with van der Waals surface area (Å²) in [6.45, 7) is 12.9. The Morgan fingerprint density at radius 1 is 0.974 bits per heavy atom. The van der Waals surface area contributed by atoms with E-state index in [1.807, 2.05) is 58.0 Å². The third-order valence-corrected chi connectivity index (χ3v) is 5.84. The lowest BCUT2D eigenvalue weighted by molar-refractivity contribution is 0.469. The maximum atomic E-state index is 4.32. The smallest absolute Gasteiger partial charge is 0.159 e. The number of anilines is 1. The second kappa shape index (κ2) is 18.9. The molecule has 0 amide bonds. The molecule has 2 aromatic rings. The highest BCUT2D eigenvalue weighted by atomic mass is 15.1. The van der Waals surface area contributed by atoms with Gasteiger partial charge in [0.15, 0.2) is 5.82 Å². The zero-order valence-corrected chi connectivity index (χ0v) is 25.1. The average molecular weight is 523 g/mol. The molecule has 4 rings (SSSR count). The minimum absolute atomic E-state index is 0.233. The maximum absolute atomic E-state index is 4.32. The number of aliphatic imine (C=N–C) groups is 1. The highest BCUT2D eigenvalue weighted by molar-refractivity contribution is 5.60. The Kier molecular flexibility index (Phi) is 16.3. The third kappa shape index (κ3) is 13.3. The maximum Gasteiger partial charge on any atom is 0.159 e. The van der Waals surface area contributed by atoms with Crippen LogP contribution in [0.3, 0.4) is 0 Å². The highest BCUT2D eigenvalue weighted by Gasteiger charge is 2.20. The van der Waals surface area contributed by atoms with Crippen LogP contribution in [0.15, 0.2) is 64.8 Å². The first-order valence-electron chi connectivity index (χ1n) is 13.7. The summed E-state index contributed by atoms with van der Waals surface area (Å²) in [5, 5.41) is 6.78. The molecular weight excluding hydrogens is 472 g/mol. The summed E-state index contributed by atoms with van der Waals surface area (Å²) in [5.41, 5.74) is 5.23. The topological polar surface area (TPSA) is 81.6 Å². The molecule has 1 saturated heterocycles. The van der Waals surface area contributed by atoms with Crippen LogP contribution in [0.5, 0.6) is 0 Å². The fraction of sp³-hybridized carbons (Fsp3) is 0.533. The minimum atomic E-state index is 0.233. The molecular formula is C30H50N8. The number of aryl methyl sites for hydroxylation is 1. The molecule has 0 saturated carbocycles. The van der Waals surface area contributed by atoms with E-state index in [-0.39, 0.29) is 6.04 Å². The Labute approximate surface area is 231 Å². The highest BCUT2D eigenvalue weighted by Crippen LogP contribution is 2.27. The van der Waals surface area contributed by atoms with Crippen LogP contribution in [0.1, 0.15) is 58.9 Å². The van der Waals surface area contributed by atoms with Crippen LogP contribution in [-0.4, -0.2) is 78.4 Å². The Hall–Kier alpha value is -3.26. The molecule has 1 fully saturated rings. The van der Waals surface area contributed by atoms with E-state index in [1.165, 1.54) is 54.8 Å². The zero-order valence-electron chi connectivity index (χ0n) is 25.1. The molecule has 1 atom stereocenters. The predicted molar refractivity (Wildman–Crippen MR) is 163 cm³/mol. The largest absolute Gasteiger partial charge is 0.381 e. The van der Waals surface area contributed by atoms with Crippen LogP contribution in [0.25, 0.3) is 0 Å². The minimum Gasteiger partial charge on any atom is -0.381 e. The summed E-state index contributed by atoms with van der Waals surface area (Å²) in [4.78, 5) is 20.7. The van der Waals surface area contributed by atoms with Gasteiger partial charge < -0.3 is 20.4 Å². The van der Waals surface area contributed by atoms with Crippen molar-refractivity contribution in [3.8, 4) is 0 Å². The molecule has 8 heteroatoms. The van der Waals surface area contributed by atoms with Gasteiger partial charge >= 0.3 is 0 Å². The third-order valence-electron chi connectivity index (χ3n) is 5.84. The number of aromatic nitrogens is 3. The molecule has 1 aliphatic heterocycles. The van der Waals surface area contributed by atoms with E-state index < -0.39 is 0 Å². The number of rotatable bonds is 5. The number of hydrogen-bond acceptors (Lipinski definition) is 7. The van der Waals surface area contributed by atoms with Gasteiger partial charge in [0.1, 0.15) is 12.1 Å². The Morgan fingerprint density at radius 2 is 1.63 bits per heavy atom. The molecule has 0 radical (unpaired) electrons. The number of nitrogens with zero attached hydrogens (tertiary/aromatic N) is 6. The van der Waals surface area contributed by atoms with Crippen molar-refractivity contribution >= 4 is 18.0 Å². The van der Waals surface area contributed by atoms with Crippen LogP contribution in [0.4, 0.5) is 11.6 Å². The first kappa shape index (κ1) is 32.8. The summed E-state index contributed by atoms with van der Waals surface area (Å²) in [5.74, 6) is 1.44. The summed E-state index contributed by atoms with van der Waals surface area (Å²) in [6, 6.07) is 6.05. The fourth-order valence-corrected chi connectivity index (χ4v) is 3.82. The molecule has 0 spiro atoms. The van der Waals surface area contributed by atoms with Gasteiger partial charge in [-0.3, -0.25) is 4.98 Å². The first-order chi connectivity index (χ1) is 18.3. The summed E-state index contributed by atoms with van der Waals surface area (Å²) in [7, 11) is 8.03. The predicted octanol–water partition coefficient (Wildman–Crippen LogP) is 5.84. The van der Waals surface area contributed by atoms with E-state index in [2.05, 4.69) is 69.5 Å². The van der Waals surface area contributed by atoms with Crippen LogP contribution in [-0.2, 0) is 0 Å². The Bertz CT molecular complexity index is 981. The number of hydrogen-bond donors (Lipinski definition) is 2. The van der Waals surface area contributed by atoms with Gasteiger partial charge in [-0.05, 0) is 70.0 Å². The van der Waals surface area contributed by atoms with E-state index in [4.69, 9.17) is 0 Å². The number of pyridine rings is 1. The molecule has 2 aliphatic rings. The van der Waals surface area contributed by atoms with Crippen molar-refractivity contribution in [3.05, 3.63) is 65.4 Å². The standard InChI is InChI=1S/C17H26N6.C6H7N.C5H11N.C2H6/c1-12-7-13(2)15(23(5)6)8-14(12)21-17-9-16(18-10-19-17)20-11-22(3)4;1-6-2-4-7-5-3-6;1-2-4-6-5-3-1;1-2/h7,9-11,14H,8H2,1-6H3,(H,18,19,21);2-5H,1H3;6H,1-5H2;1-2H3. The van der Waals surface area contributed by atoms with E-state index in [1.54, 1.807) is 25.1 Å². The molecule has 3 heterocycles. The molecule has 2 N–H and O–H groups in total. The summed E-state index contributed by atoms with van der Waals surface area (Å²) < 4.78 is 0. The molecule has 1 aliphatic carbocycles. The number of allylic oxidation sites excluding steroid dienone is 2. The van der Waals surface area contributed by atoms with Gasteiger partial charge in [0.2, 0.25) is 0 Å². The number of nitrogens with one attached hydrogen (secondary N) is 2. The molecule has 8 nitrogen and oxygen atoms in total. The normalized spacial score (nSPS) is 16.6. The fourth-order valence-electron chi connectivity index (χ4n) is 3.82. The van der Waals surface area contributed by atoms with Gasteiger partial charge in [-0.2, -0.15) is 0 Å². The van der Waals surface area contributed by atoms with Gasteiger partial charge in [0.25, 0.3) is 0 Å². The quantitative estimate of drug-likeness (QED) is 0.377. The zero-order chi connectivity index (χ0) is 28.3. The molecule has 1 unspecified atom stereocenters. The Morgan fingerprint density at radius 3 is 2.11 bits per heavy atom. The summed E-state index contributed by atoms with van der Waals surface area (Å²) in [6.07, 6.45) is 14.2. The van der Waals surface area contributed by atoms with Crippen molar-refractivity contribution in [2.24, 2.45) is 4.99 Å². The van der Waals surface area contributed by atoms with Crippen molar-refractivity contribution in [2.45, 2.75) is 66.3 Å². The van der Waals surface area contributed by atoms with Gasteiger partial charge in [0, 0.05) is 58.8 Å². The number of piperidine rings is 1. The van der Waals surface area contributed by atoms with Crippen molar-refractivity contribution in [1.82, 2.24) is 30.1 Å². The lowest BCUT2D eigenvalue weighted by atomic mass is 9.93. The lowest BCUT2D eigenvalue weighted by Gasteiger charge is -2.30. The van der Waals surface area contributed by atoms with Gasteiger partial charge in [0.05, 0.1) is 12.4 Å². The van der Waals surface area contributed by atoms with Crippen molar-refractivity contribution in [2.75, 3.05) is 46.6 Å². The second-order valence-corrected chi connectivity index (χ2v) is 9.62. The van der Waals surface area contributed by atoms with Crippen LogP contribution in [0.2, 0.25) is 0 Å². The average Bonchev–Trinajstić information content (AvgIpc) is 2.92. The molecule has 2 aromatic heterocycles. The van der Waals surface area contributed by atoms with Crippen molar-refractivity contribution in [3.63, 3.8) is 0 Å². The monoisotopic (exact) mass is 522 g/mol. The van der Waals surface area contributed by atoms with Crippen LogP contribution < -0.4 is 10.6 Å². The van der Waals surface area contributed by atoms with Gasteiger partial charge in [-0.25, -0.2) is 15.0 Å². The van der Waals surface area contributed by atoms with Gasteiger partial charge in [-0.1, -0.05) is 31.9 Å². The SMILES string of the molecule is C1CCNCC1.CC.CC1=CC(C)=C(N(C)C)CC1Nc1cc(N=CN(C)C)ncn1.Cc1ccncc1. The lowest BCUT2D eigenvalue weighted by Crippen LogP contribution is -2.29. The van der Waals surface area contributed by atoms with Crippen LogP contribution in [0, 0.1) is 6.92 Å². The van der Waals surface area contributed by atoms with E-state index in [0.717, 1.165) is 12.2 Å². The van der Waals surface area contributed by atoms with Crippen molar-refractivity contribution < 1.29 is 0 Å². The van der Waals surface area contributed by atoms with E-state index in [0.29, 0.717) is 5.82 Å². The Balaban J connectivity index is 0.000000388. The van der Waals surface area contributed by atoms with Gasteiger partial charge in [-0.15, -0.1) is 0 Å². The summed E-state index contributed by atoms with van der Waals surface area (Å²) >= 11 is 0. The molecule has 0 bridgehead atoms. The molecule has 210 valence electrons. The van der Waals surface area contributed by atoms with E-state index in [9.17, 15) is 0 Å². The van der Waals surface area contributed by atoms with Crippen LogP contribution >= 0.6 is 0 Å².